The van der Waals surface area contributed by atoms with Gasteiger partial charge >= 0.3 is 5.97 Å². The van der Waals surface area contributed by atoms with Gasteiger partial charge < -0.3 is 24.8 Å². The zero-order valence-electron chi connectivity index (χ0n) is 29.0. The molecule has 0 unspecified atom stereocenters. The molecule has 0 amide bonds. The fourth-order valence-corrected chi connectivity index (χ4v) is 7.35. The predicted molar refractivity (Wildman–Crippen MR) is 215 cm³/mol. The average molecular weight is 775 g/mol. The molecular formula is C42H36Cl4N2O4. The molecule has 1 aliphatic rings. The van der Waals surface area contributed by atoms with Gasteiger partial charge in [-0.05, 0) is 108 Å². The van der Waals surface area contributed by atoms with E-state index in [-0.39, 0.29) is 31.2 Å². The summed E-state index contributed by atoms with van der Waals surface area (Å²) in [6.45, 7) is 5.62. The van der Waals surface area contributed by atoms with Gasteiger partial charge in [0, 0.05) is 30.0 Å². The molecule has 0 saturated heterocycles. The summed E-state index contributed by atoms with van der Waals surface area (Å²) in [4.78, 5) is 14.1. The molecule has 0 fully saturated rings. The number of carbonyl (C=O) groups is 1. The first-order valence-corrected chi connectivity index (χ1v) is 18.2. The highest BCUT2D eigenvalue weighted by Gasteiger charge is 2.48. The van der Waals surface area contributed by atoms with E-state index >= 15 is 0 Å². The number of rotatable bonds is 12. The first kappa shape index (κ1) is 37.2. The van der Waals surface area contributed by atoms with Crippen LogP contribution in [0.2, 0.25) is 20.1 Å². The maximum absolute atomic E-state index is 14.1. The number of methoxy groups -OCH3 is 2. The van der Waals surface area contributed by atoms with E-state index in [0.29, 0.717) is 11.5 Å². The first-order chi connectivity index (χ1) is 25.1. The number of esters is 1. The number of cyclic esters (lactones) is 1. The van der Waals surface area contributed by atoms with Gasteiger partial charge in [0.15, 0.2) is 5.60 Å². The highest BCUT2D eigenvalue weighted by atomic mass is 35.5. The third-order valence-corrected chi connectivity index (χ3v) is 10.6. The van der Waals surface area contributed by atoms with Crippen LogP contribution in [0.4, 0.5) is 11.4 Å². The van der Waals surface area contributed by atoms with Crippen LogP contribution in [0, 0.1) is 0 Å². The van der Waals surface area contributed by atoms with Crippen molar-refractivity contribution in [2.45, 2.75) is 19.4 Å². The van der Waals surface area contributed by atoms with Crippen molar-refractivity contribution in [3.8, 4) is 11.5 Å². The molecule has 0 atom stereocenters. The highest BCUT2D eigenvalue weighted by Crippen LogP contribution is 2.53. The molecular weight excluding hydrogens is 738 g/mol. The Labute approximate surface area is 323 Å². The van der Waals surface area contributed by atoms with Crippen molar-refractivity contribution in [3.63, 3.8) is 0 Å². The monoisotopic (exact) mass is 772 g/mol. The molecule has 0 aromatic heterocycles. The zero-order valence-corrected chi connectivity index (χ0v) is 32.0. The molecule has 5 aromatic carbocycles. The standard InChI is InChI=1S/C42H36Cl4N2O4/c1-5-47-29-15-7-25(8-16-29)33(27-11-19-31(50-3)20-12-27)23-42(36-35(41(49)52-42)37(43)39(45)40(46)38(36)44)24-34(28-13-21-32(51-4)22-14-28)26-9-17-30(18-10-26)48-6-2/h7-24,47-48H,5-6H2,1-4H3/b33-23-,34-24-. The van der Waals surface area contributed by atoms with Crippen LogP contribution in [0.3, 0.4) is 0 Å². The number of fused-ring (bicyclic) bond motifs is 1. The zero-order chi connectivity index (χ0) is 37.0. The van der Waals surface area contributed by atoms with Gasteiger partial charge in [-0.2, -0.15) is 0 Å². The van der Waals surface area contributed by atoms with Gasteiger partial charge in [0.05, 0.1) is 39.9 Å². The van der Waals surface area contributed by atoms with Crippen LogP contribution in [0.5, 0.6) is 11.5 Å². The van der Waals surface area contributed by atoms with E-state index < -0.39 is 11.6 Å². The smallest absolute Gasteiger partial charge is 0.341 e. The third-order valence-electron chi connectivity index (χ3n) is 8.80. The van der Waals surface area contributed by atoms with Crippen LogP contribution in [0.15, 0.2) is 109 Å². The van der Waals surface area contributed by atoms with Crippen LogP contribution < -0.4 is 20.1 Å². The number of benzene rings is 5. The molecule has 6 nitrogen and oxygen atoms in total. The summed E-state index contributed by atoms with van der Waals surface area (Å²) in [6, 6.07) is 31.4. The molecule has 0 bridgehead atoms. The lowest BCUT2D eigenvalue weighted by molar-refractivity contribution is 0.0300. The number of nitrogens with one attached hydrogen (secondary N) is 2. The van der Waals surface area contributed by atoms with Gasteiger partial charge in [-0.25, -0.2) is 4.79 Å². The SMILES string of the molecule is CCNc1ccc(/C(=C/C2(/C=C(/c3ccc(NCC)cc3)c3ccc(OC)cc3)OC(=O)c3c(Cl)c(Cl)c(Cl)c(Cl)c32)c2ccc(OC)cc2)cc1. The maximum Gasteiger partial charge on any atom is 0.341 e. The molecule has 10 heteroatoms. The molecule has 1 heterocycles. The second-order valence-corrected chi connectivity index (χ2v) is 13.5. The number of hydrogen-bond acceptors (Lipinski definition) is 6. The molecule has 0 spiro atoms. The molecule has 0 saturated carbocycles. The van der Waals surface area contributed by atoms with Crippen molar-refractivity contribution >= 4 is 74.9 Å². The quantitative estimate of drug-likeness (QED) is 0.0747. The fourth-order valence-electron chi connectivity index (χ4n) is 6.27. The first-order valence-electron chi connectivity index (χ1n) is 16.7. The van der Waals surface area contributed by atoms with Crippen LogP contribution >= 0.6 is 46.4 Å². The fraction of sp³-hybridized carbons (Fsp3) is 0.167. The molecule has 0 aliphatic carbocycles. The summed E-state index contributed by atoms with van der Waals surface area (Å²) in [6.07, 6.45) is 3.79. The minimum Gasteiger partial charge on any atom is -0.497 e. The van der Waals surface area contributed by atoms with Gasteiger partial charge in [-0.15, -0.1) is 0 Å². The summed E-state index contributed by atoms with van der Waals surface area (Å²) in [7, 11) is 3.23. The minimum atomic E-state index is -1.63. The summed E-state index contributed by atoms with van der Waals surface area (Å²) >= 11 is 27.2. The van der Waals surface area contributed by atoms with E-state index in [2.05, 4.69) is 10.6 Å². The third kappa shape index (κ3) is 7.35. The Balaban J connectivity index is 1.72. The molecule has 1 aliphatic heterocycles. The largest absolute Gasteiger partial charge is 0.497 e. The number of halogens is 4. The van der Waals surface area contributed by atoms with E-state index in [1.54, 1.807) is 14.2 Å². The molecule has 5 aromatic rings. The lowest BCUT2D eigenvalue weighted by atomic mass is 9.83. The van der Waals surface area contributed by atoms with E-state index in [1.165, 1.54) is 0 Å². The molecule has 2 N–H and O–H groups in total. The van der Waals surface area contributed by atoms with Crippen LogP contribution in [-0.4, -0.2) is 33.3 Å². The Bertz CT molecular complexity index is 2040. The van der Waals surface area contributed by atoms with Crippen molar-refractivity contribution < 1.29 is 19.0 Å². The summed E-state index contributed by atoms with van der Waals surface area (Å²) < 4.78 is 17.5. The Hall–Kier alpha value is -4.59. The Kier molecular flexibility index (Phi) is 11.4. The maximum atomic E-state index is 14.1. The van der Waals surface area contributed by atoms with Crippen LogP contribution in [-0.2, 0) is 10.3 Å². The average Bonchev–Trinajstić information content (AvgIpc) is 3.46. The summed E-state index contributed by atoms with van der Waals surface area (Å²) in [5, 5.41) is 6.69. The summed E-state index contributed by atoms with van der Waals surface area (Å²) in [5.41, 5.74) is 5.49. The number of carbonyl (C=O) groups excluding carboxylic acids is 1. The highest BCUT2D eigenvalue weighted by molar-refractivity contribution is 6.53. The van der Waals surface area contributed by atoms with E-state index in [9.17, 15) is 4.79 Å². The second kappa shape index (κ2) is 16.0. The van der Waals surface area contributed by atoms with E-state index in [4.69, 9.17) is 60.6 Å². The Morgan fingerprint density at radius 1 is 0.596 bits per heavy atom. The number of ether oxygens (including phenoxy) is 3. The van der Waals surface area contributed by atoms with Crippen LogP contribution in [0.1, 0.15) is 52.0 Å². The predicted octanol–water partition coefficient (Wildman–Crippen LogP) is 11.8. The van der Waals surface area contributed by atoms with Gasteiger partial charge in [0.1, 0.15) is 11.5 Å². The number of hydrogen-bond donors (Lipinski definition) is 2. The molecule has 6 rings (SSSR count). The van der Waals surface area contributed by atoms with Crippen molar-refractivity contribution in [1.82, 2.24) is 0 Å². The van der Waals surface area contributed by atoms with Crippen LogP contribution in [0.25, 0.3) is 11.1 Å². The van der Waals surface area contributed by atoms with E-state index in [1.807, 2.05) is 123 Å². The van der Waals surface area contributed by atoms with Crippen molar-refractivity contribution in [2.24, 2.45) is 0 Å². The van der Waals surface area contributed by atoms with E-state index in [0.717, 1.165) is 57.9 Å². The summed E-state index contributed by atoms with van der Waals surface area (Å²) in [5.74, 6) is 0.690. The van der Waals surface area contributed by atoms with Gasteiger partial charge in [0.2, 0.25) is 0 Å². The Morgan fingerprint density at radius 2 is 0.962 bits per heavy atom. The van der Waals surface area contributed by atoms with Gasteiger partial charge in [0.25, 0.3) is 0 Å². The topological polar surface area (TPSA) is 68.8 Å². The lowest BCUT2D eigenvalue weighted by Gasteiger charge is -2.27. The molecule has 52 heavy (non-hydrogen) atoms. The lowest BCUT2D eigenvalue weighted by Crippen LogP contribution is -2.23. The van der Waals surface area contributed by atoms with Crippen molar-refractivity contribution in [3.05, 3.63) is 163 Å². The molecule has 266 valence electrons. The normalized spacial score (nSPS) is 13.7. The van der Waals surface area contributed by atoms with Gasteiger partial charge in [-0.1, -0.05) is 94.9 Å². The minimum absolute atomic E-state index is 0.0125. The Morgan fingerprint density at radius 3 is 1.33 bits per heavy atom. The van der Waals surface area contributed by atoms with Crippen molar-refractivity contribution in [2.75, 3.05) is 37.9 Å². The van der Waals surface area contributed by atoms with Crippen molar-refractivity contribution in [1.29, 1.82) is 0 Å². The number of anilines is 2. The molecule has 0 radical (unpaired) electrons. The van der Waals surface area contributed by atoms with Gasteiger partial charge in [-0.3, -0.25) is 0 Å². The second-order valence-electron chi connectivity index (χ2n) is 12.0.